The van der Waals surface area contributed by atoms with Gasteiger partial charge in [0.1, 0.15) is 0 Å². The second-order valence-corrected chi connectivity index (χ2v) is 10.5. The Morgan fingerprint density at radius 1 is 1.06 bits per heavy atom. The first-order valence-corrected chi connectivity index (χ1v) is 12.9. The Bertz CT molecular complexity index is 1120. The summed E-state index contributed by atoms with van der Waals surface area (Å²) in [5.74, 6) is 0.123. The Kier molecular flexibility index (Phi) is 7.92. The van der Waals surface area contributed by atoms with Gasteiger partial charge in [0.2, 0.25) is 10.0 Å². The van der Waals surface area contributed by atoms with Crippen LogP contribution in [0.15, 0.2) is 47.4 Å². The fraction of sp³-hybridized carbons (Fsp3) is 0.440. The number of hydrogen-bond donors (Lipinski definition) is 1. The summed E-state index contributed by atoms with van der Waals surface area (Å²) in [6.07, 6.45) is 2.03. The number of nitrogens with one attached hydrogen (secondary N) is 1. The third kappa shape index (κ3) is 5.62. The number of nitrogens with zero attached hydrogens (tertiary/aromatic N) is 2. The van der Waals surface area contributed by atoms with Crippen molar-refractivity contribution in [2.75, 3.05) is 36.4 Å². The number of anilines is 2. The van der Waals surface area contributed by atoms with Crippen molar-refractivity contribution >= 4 is 33.1 Å². The van der Waals surface area contributed by atoms with Crippen LogP contribution in [0.4, 0.5) is 11.4 Å². The number of Topliss-reactive ketones (excluding diaryl/α,β-unsaturated/α-hetero) is 1. The molecule has 0 spiro atoms. The van der Waals surface area contributed by atoms with Crippen LogP contribution in [-0.4, -0.2) is 50.6 Å². The number of sulfonamides is 1. The largest absolute Gasteiger partial charge is 0.371 e. The molecule has 0 bridgehead atoms. The summed E-state index contributed by atoms with van der Waals surface area (Å²) in [6.45, 7) is 9.59. The standard InChI is InChI=1S/C25H33N3O4S/c1-5-28(6-2)33(31,32)22-10-11-24(27-14-12-18(3)13-15-27)23(17-22)25(30)26-21-9-7-8-20(16-21)19(4)29/h7-11,16-18H,5-6,12-15H2,1-4H3,(H,26,30). The molecule has 0 aliphatic carbocycles. The highest BCUT2D eigenvalue weighted by molar-refractivity contribution is 7.89. The van der Waals surface area contributed by atoms with Gasteiger partial charge < -0.3 is 10.2 Å². The molecule has 1 aliphatic heterocycles. The number of hydrogen-bond acceptors (Lipinski definition) is 5. The molecular formula is C25H33N3O4S. The molecule has 0 radical (unpaired) electrons. The minimum atomic E-state index is -3.71. The van der Waals surface area contributed by atoms with E-state index in [1.54, 1.807) is 50.2 Å². The van der Waals surface area contributed by atoms with Gasteiger partial charge in [-0.05, 0) is 56.0 Å². The number of ketones is 1. The molecule has 1 aliphatic rings. The van der Waals surface area contributed by atoms with Crippen molar-refractivity contribution < 1.29 is 18.0 Å². The van der Waals surface area contributed by atoms with Crippen molar-refractivity contribution in [3.63, 3.8) is 0 Å². The zero-order valence-corrected chi connectivity index (χ0v) is 20.6. The highest BCUT2D eigenvalue weighted by Crippen LogP contribution is 2.30. The molecule has 0 aromatic heterocycles. The smallest absolute Gasteiger partial charge is 0.257 e. The van der Waals surface area contributed by atoms with E-state index >= 15 is 0 Å². The van der Waals surface area contributed by atoms with Crippen molar-refractivity contribution in [1.29, 1.82) is 0 Å². The van der Waals surface area contributed by atoms with Gasteiger partial charge in [-0.3, -0.25) is 9.59 Å². The molecule has 0 atom stereocenters. The van der Waals surface area contributed by atoms with E-state index in [2.05, 4.69) is 17.1 Å². The summed E-state index contributed by atoms with van der Waals surface area (Å²) < 4.78 is 27.6. The lowest BCUT2D eigenvalue weighted by atomic mass is 9.98. The molecule has 1 N–H and O–H groups in total. The molecule has 7 nitrogen and oxygen atoms in total. The van der Waals surface area contributed by atoms with Gasteiger partial charge in [0.05, 0.1) is 10.5 Å². The molecule has 1 heterocycles. The van der Waals surface area contributed by atoms with E-state index < -0.39 is 15.9 Å². The monoisotopic (exact) mass is 471 g/mol. The van der Waals surface area contributed by atoms with E-state index in [-0.39, 0.29) is 10.7 Å². The lowest BCUT2D eigenvalue weighted by Crippen LogP contribution is -2.35. The van der Waals surface area contributed by atoms with Crippen LogP contribution in [0.5, 0.6) is 0 Å². The molecular weight excluding hydrogens is 438 g/mol. The van der Waals surface area contributed by atoms with E-state index in [1.165, 1.54) is 17.3 Å². The summed E-state index contributed by atoms with van der Waals surface area (Å²) in [4.78, 5) is 27.4. The summed E-state index contributed by atoms with van der Waals surface area (Å²) in [5, 5.41) is 2.85. The fourth-order valence-electron chi connectivity index (χ4n) is 4.11. The summed E-state index contributed by atoms with van der Waals surface area (Å²) in [5.41, 5.74) is 2.02. The number of rotatable bonds is 8. The van der Waals surface area contributed by atoms with Crippen molar-refractivity contribution in [3.05, 3.63) is 53.6 Å². The maximum absolute atomic E-state index is 13.4. The third-order valence-corrected chi connectivity index (χ3v) is 8.25. The molecule has 2 aromatic rings. The van der Waals surface area contributed by atoms with Crippen LogP contribution < -0.4 is 10.2 Å². The summed E-state index contributed by atoms with van der Waals surface area (Å²) in [7, 11) is -3.71. The Hall–Kier alpha value is -2.71. The van der Waals surface area contributed by atoms with Crippen LogP contribution in [0.2, 0.25) is 0 Å². The first kappa shape index (κ1) is 24.9. The molecule has 1 amide bonds. The Balaban J connectivity index is 2.02. The number of amides is 1. The van der Waals surface area contributed by atoms with Gasteiger partial charge in [-0.1, -0.05) is 32.9 Å². The first-order valence-electron chi connectivity index (χ1n) is 11.5. The van der Waals surface area contributed by atoms with Crippen LogP contribution in [0.3, 0.4) is 0 Å². The molecule has 2 aromatic carbocycles. The first-order chi connectivity index (χ1) is 15.7. The van der Waals surface area contributed by atoms with E-state index in [4.69, 9.17) is 0 Å². The fourth-order valence-corrected chi connectivity index (χ4v) is 5.59. The van der Waals surface area contributed by atoms with Gasteiger partial charge in [-0.25, -0.2) is 8.42 Å². The molecule has 0 saturated carbocycles. The van der Waals surface area contributed by atoms with Gasteiger partial charge in [0, 0.05) is 43.1 Å². The molecule has 33 heavy (non-hydrogen) atoms. The topological polar surface area (TPSA) is 86.8 Å². The van der Waals surface area contributed by atoms with Crippen LogP contribution in [0.1, 0.15) is 61.3 Å². The summed E-state index contributed by atoms with van der Waals surface area (Å²) in [6, 6.07) is 11.5. The number of piperidine rings is 1. The Labute approximate surface area is 196 Å². The number of carbonyl (C=O) groups excluding carboxylic acids is 2. The SMILES string of the molecule is CCN(CC)S(=O)(=O)c1ccc(N2CCC(C)CC2)c(C(=O)Nc2cccc(C(C)=O)c2)c1. The minimum Gasteiger partial charge on any atom is -0.371 e. The van der Waals surface area contributed by atoms with Gasteiger partial charge >= 0.3 is 0 Å². The van der Waals surface area contributed by atoms with Crippen molar-refractivity contribution in [1.82, 2.24) is 4.31 Å². The molecule has 8 heteroatoms. The van der Waals surface area contributed by atoms with Crippen LogP contribution in [-0.2, 0) is 10.0 Å². The molecule has 0 unspecified atom stereocenters. The maximum Gasteiger partial charge on any atom is 0.257 e. The van der Waals surface area contributed by atoms with Gasteiger partial charge in [-0.15, -0.1) is 0 Å². The number of benzene rings is 2. The lowest BCUT2D eigenvalue weighted by Gasteiger charge is -2.33. The molecule has 3 rings (SSSR count). The minimum absolute atomic E-state index is 0.0958. The average molecular weight is 472 g/mol. The summed E-state index contributed by atoms with van der Waals surface area (Å²) >= 11 is 0. The normalized spacial score (nSPS) is 15.0. The van der Waals surface area contributed by atoms with Crippen molar-refractivity contribution in [2.45, 2.75) is 45.4 Å². The predicted octanol–water partition coefficient (Wildman–Crippen LogP) is 4.41. The second-order valence-electron chi connectivity index (χ2n) is 8.53. The zero-order valence-electron chi connectivity index (χ0n) is 19.8. The maximum atomic E-state index is 13.4. The molecule has 178 valence electrons. The third-order valence-electron chi connectivity index (χ3n) is 6.21. The second kappa shape index (κ2) is 10.5. The highest BCUT2D eigenvalue weighted by Gasteiger charge is 2.27. The Morgan fingerprint density at radius 2 is 1.73 bits per heavy atom. The van der Waals surface area contributed by atoms with Crippen LogP contribution in [0.25, 0.3) is 0 Å². The lowest BCUT2D eigenvalue weighted by molar-refractivity contribution is 0.101. The van der Waals surface area contributed by atoms with Gasteiger partial charge in [-0.2, -0.15) is 4.31 Å². The van der Waals surface area contributed by atoms with Gasteiger partial charge in [0.15, 0.2) is 5.78 Å². The molecule has 1 saturated heterocycles. The number of carbonyl (C=O) groups is 2. The van der Waals surface area contributed by atoms with E-state index in [9.17, 15) is 18.0 Å². The quantitative estimate of drug-likeness (QED) is 0.577. The van der Waals surface area contributed by atoms with E-state index in [1.807, 2.05) is 0 Å². The average Bonchev–Trinajstić information content (AvgIpc) is 2.80. The van der Waals surface area contributed by atoms with Crippen molar-refractivity contribution in [2.24, 2.45) is 5.92 Å². The Morgan fingerprint density at radius 3 is 2.33 bits per heavy atom. The van der Waals surface area contributed by atoms with Crippen LogP contribution >= 0.6 is 0 Å². The van der Waals surface area contributed by atoms with E-state index in [0.717, 1.165) is 31.6 Å². The highest BCUT2D eigenvalue weighted by atomic mass is 32.2. The molecule has 1 fully saturated rings. The van der Waals surface area contributed by atoms with E-state index in [0.29, 0.717) is 35.8 Å². The van der Waals surface area contributed by atoms with Crippen molar-refractivity contribution in [3.8, 4) is 0 Å². The van der Waals surface area contributed by atoms with Crippen LogP contribution in [0, 0.1) is 5.92 Å². The predicted molar refractivity (Wildman–Crippen MR) is 132 cm³/mol. The van der Waals surface area contributed by atoms with Gasteiger partial charge in [0.25, 0.3) is 5.91 Å². The zero-order chi connectivity index (χ0) is 24.2.